The lowest BCUT2D eigenvalue weighted by Gasteiger charge is -2.06. The second-order valence-corrected chi connectivity index (χ2v) is 4.16. The van der Waals surface area contributed by atoms with Gasteiger partial charge < -0.3 is 5.73 Å². The molecule has 0 spiro atoms. The summed E-state index contributed by atoms with van der Waals surface area (Å²) in [5.74, 6) is 1.95. The number of rotatable bonds is 3. The molecule has 0 radical (unpaired) electrons. The zero-order chi connectivity index (χ0) is 12.3. The monoisotopic (exact) mass is 229 g/mol. The fraction of sp³-hybridized carbons (Fsp3) is 0.333. The largest absolute Gasteiger partial charge is 0.368 e. The van der Waals surface area contributed by atoms with Crippen LogP contribution in [-0.4, -0.2) is 19.9 Å². The van der Waals surface area contributed by atoms with Gasteiger partial charge in [-0.05, 0) is 11.6 Å². The first-order valence-corrected chi connectivity index (χ1v) is 5.54. The minimum atomic E-state index is 0.243. The molecular formula is C12H15N5. The van der Waals surface area contributed by atoms with Gasteiger partial charge in [0.15, 0.2) is 0 Å². The Morgan fingerprint density at radius 1 is 1.24 bits per heavy atom. The first kappa shape index (κ1) is 11.4. The van der Waals surface area contributed by atoms with Crippen molar-refractivity contribution in [2.75, 3.05) is 5.73 Å². The third-order valence-corrected chi connectivity index (χ3v) is 2.32. The quantitative estimate of drug-likeness (QED) is 0.864. The molecule has 2 aromatic rings. The van der Waals surface area contributed by atoms with Gasteiger partial charge in [0.25, 0.3) is 0 Å². The van der Waals surface area contributed by atoms with Gasteiger partial charge in [-0.15, -0.1) is 0 Å². The molecule has 2 N–H and O–H groups in total. The molecule has 5 nitrogen and oxygen atoms in total. The second kappa shape index (κ2) is 4.86. The van der Waals surface area contributed by atoms with Crippen LogP contribution in [0.5, 0.6) is 0 Å². The summed E-state index contributed by atoms with van der Waals surface area (Å²) >= 11 is 0. The Kier molecular flexibility index (Phi) is 3.27. The number of aromatic nitrogens is 4. The lowest BCUT2D eigenvalue weighted by molar-refractivity contribution is 0.742. The third-order valence-electron chi connectivity index (χ3n) is 2.32. The third kappa shape index (κ3) is 2.96. The average molecular weight is 229 g/mol. The Morgan fingerprint density at radius 3 is 2.71 bits per heavy atom. The number of nitrogen functional groups attached to an aromatic ring is 1. The highest BCUT2D eigenvalue weighted by molar-refractivity contribution is 5.21. The molecule has 2 aromatic heterocycles. The van der Waals surface area contributed by atoms with Gasteiger partial charge in [-0.3, -0.25) is 4.98 Å². The highest BCUT2D eigenvalue weighted by Crippen LogP contribution is 2.11. The van der Waals surface area contributed by atoms with E-state index in [-0.39, 0.29) is 11.9 Å². The van der Waals surface area contributed by atoms with Gasteiger partial charge in [0.05, 0.1) is 0 Å². The number of anilines is 1. The summed E-state index contributed by atoms with van der Waals surface area (Å²) < 4.78 is 0. The molecular weight excluding hydrogens is 214 g/mol. The van der Waals surface area contributed by atoms with Crippen molar-refractivity contribution >= 4 is 5.95 Å². The summed E-state index contributed by atoms with van der Waals surface area (Å²) in [5.41, 5.74) is 6.74. The van der Waals surface area contributed by atoms with Crippen LogP contribution in [0, 0.1) is 0 Å². The molecule has 88 valence electrons. The van der Waals surface area contributed by atoms with Gasteiger partial charge in [0.1, 0.15) is 11.6 Å². The molecule has 0 aromatic carbocycles. The first-order chi connectivity index (χ1) is 8.15. The maximum absolute atomic E-state index is 5.67. The van der Waals surface area contributed by atoms with Crippen LogP contribution in [-0.2, 0) is 6.42 Å². The topological polar surface area (TPSA) is 77.6 Å². The van der Waals surface area contributed by atoms with E-state index >= 15 is 0 Å². The normalized spacial score (nSPS) is 10.8. The van der Waals surface area contributed by atoms with Gasteiger partial charge in [-0.25, -0.2) is 4.98 Å². The van der Waals surface area contributed by atoms with E-state index in [2.05, 4.69) is 19.9 Å². The van der Waals surface area contributed by atoms with E-state index in [9.17, 15) is 0 Å². The van der Waals surface area contributed by atoms with Gasteiger partial charge in [-0.2, -0.15) is 9.97 Å². The number of hydrogen-bond acceptors (Lipinski definition) is 5. The van der Waals surface area contributed by atoms with Crippen molar-refractivity contribution in [2.45, 2.75) is 26.2 Å². The van der Waals surface area contributed by atoms with Crippen molar-refractivity contribution in [1.29, 1.82) is 0 Å². The van der Waals surface area contributed by atoms with Gasteiger partial charge in [0.2, 0.25) is 5.95 Å². The van der Waals surface area contributed by atoms with E-state index in [0.29, 0.717) is 12.2 Å². The number of nitrogens with zero attached hydrogens (tertiary/aromatic N) is 4. The number of nitrogens with two attached hydrogens (primary N) is 1. The Hall–Kier alpha value is -2.04. The molecule has 5 heteroatoms. The second-order valence-electron chi connectivity index (χ2n) is 4.16. The summed E-state index contributed by atoms with van der Waals surface area (Å²) in [7, 11) is 0. The molecule has 0 aliphatic heterocycles. The van der Waals surface area contributed by atoms with E-state index in [0.717, 1.165) is 11.4 Å². The van der Waals surface area contributed by atoms with Crippen LogP contribution in [0.1, 0.15) is 37.0 Å². The average Bonchev–Trinajstić information content (AvgIpc) is 2.29. The molecule has 0 saturated carbocycles. The van der Waals surface area contributed by atoms with E-state index in [1.54, 1.807) is 12.4 Å². The molecule has 2 rings (SSSR count). The SMILES string of the molecule is CC(C)c1nc(N)nc(Cc2cccnc2)n1. The van der Waals surface area contributed by atoms with Crippen molar-refractivity contribution in [1.82, 2.24) is 19.9 Å². The Balaban J connectivity index is 2.27. The van der Waals surface area contributed by atoms with E-state index in [1.807, 2.05) is 26.0 Å². The number of hydrogen-bond donors (Lipinski definition) is 1. The summed E-state index contributed by atoms with van der Waals surface area (Å²) in [4.78, 5) is 16.7. The van der Waals surface area contributed by atoms with Gasteiger partial charge in [-0.1, -0.05) is 19.9 Å². The molecule has 17 heavy (non-hydrogen) atoms. The lowest BCUT2D eigenvalue weighted by Crippen LogP contribution is -2.09. The maximum Gasteiger partial charge on any atom is 0.223 e. The highest BCUT2D eigenvalue weighted by atomic mass is 15.1. The molecule has 2 heterocycles. The minimum Gasteiger partial charge on any atom is -0.368 e. The van der Waals surface area contributed by atoms with Crippen LogP contribution < -0.4 is 5.73 Å². The summed E-state index contributed by atoms with van der Waals surface area (Å²) in [6, 6.07) is 3.88. The van der Waals surface area contributed by atoms with Crippen LogP contribution in [0.3, 0.4) is 0 Å². The van der Waals surface area contributed by atoms with Crippen molar-refractivity contribution in [3.8, 4) is 0 Å². The van der Waals surface area contributed by atoms with E-state index in [1.165, 1.54) is 0 Å². The summed E-state index contributed by atoms with van der Waals surface area (Å²) in [5, 5.41) is 0. The van der Waals surface area contributed by atoms with Crippen LogP contribution in [0.2, 0.25) is 0 Å². The van der Waals surface area contributed by atoms with Gasteiger partial charge >= 0.3 is 0 Å². The van der Waals surface area contributed by atoms with Crippen LogP contribution in [0.25, 0.3) is 0 Å². The van der Waals surface area contributed by atoms with Crippen LogP contribution in [0.15, 0.2) is 24.5 Å². The smallest absolute Gasteiger partial charge is 0.223 e. The Bertz CT molecular complexity index is 496. The standard InChI is InChI=1S/C12H15N5/c1-8(2)11-15-10(16-12(13)17-11)6-9-4-3-5-14-7-9/h3-5,7-8H,6H2,1-2H3,(H2,13,15,16,17). The summed E-state index contributed by atoms with van der Waals surface area (Å²) in [6.07, 6.45) is 4.17. The number of pyridine rings is 1. The molecule has 0 unspecified atom stereocenters. The lowest BCUT2D eigenvalue weighted by atomic mass is 10.2. The Labute approximate surface area is 100 Å². The Morgan fingerprint density at radius 2 is 2.06 bits per heavy atom. The van der Waals surface area contributed by atoms with Gasteiger partial charge in [0, 0.05) is 24.7 Å². The maximum atomic E-state index is 5.67. The van der Waals surface area contributed by atoms with Crippen molar-refractivity contribution in [3.63, 3.8) is 0 Å². The van der Waals surface area contributed by atoms with E-state index in [4.69, 9.17) is 5.73 Å². The molecule has 0 aliphatic carbocycles. The zero-order valence-electron chi connectivity index (χ0n) is 9.96. The fourth-order valence-electron chi connectivity index (χ4n) is 1.48. The van der Waals surface area contributed by atoms with Crippen LogP contribution in [0.4, 0.5) is 5.95 Å². The zero-order valence-corrected chi connectivity index (χ0v) is 9.96. The van der Waals surface area contributed by atoms with Crippen molar-refractivity contribution in [2.24, 2.45) is 0 Å². The van der Waals surface area contributed by atoms with Crippen molar-refractivity contribution in [3.05, 3.63) is 41.7 Å². The summed E-state index contributed by atoms with van der Waals surface area (Å²) in [6.45, 7) is 4.06. The highest BCUT2D eigenvalue weighted by Gasteiger charge is 2.08. The van der Waals surface area contributed by atoms with E-state index < -0.39 is 0 Å². The predicted molar refractivity (Wildman–Crippen MR) is 65.4 cm³/mol. The molecule has 0 amide bonds. The molecule has 0 aliphatic rings. The molecule has 0 fully saturated rings. The molecule has 0 atom stereocenters. The molecule has 0 bridgehead atoms. The minimum absolute atomic E-state index is 0.243. The van der Waals surface area contributed by atoms with Crippen LogP contribution >= 0.6 is 0 Å². The fourth-order valence-corrected chi connectivity index (χ4v) is 1.48. The molecule has 0 saturated heterocycles. The predicted octanol–water partition coefficient (Wildman–Crippen LogP) is 1.56. The van der Waals surface area contributed by atoms with Crippen molar-refractivity contribution < 1.29 is 0 Å². The first-order valence-electron chi connectivity index (χ1n) is 5.54.